The third kappa shape index (κ3) is 3.55. The summed E-state index contributed by atoms with van der Waals surface area (Å²) < 4.78 is 0. The normalized spacial score (nSPS) is 12.5. The molecule has 0 saturated carbocycles. The van der Waals surface area contributed by atoms with Gasteiger partial charge in [0.2, 0.25) is 0 Å². The van der Waals surface area contributed by atoms with Gasteiger partial charge < -0.3 is 15.3 Å². The van der Waals surface area contributed by atoms with Gasteiger partial charge in [-0.05, 0) is 45.3 Å². The number of rotatable bonds is 4. The minimum absolute atomic E-state index is 0.117. The van der Waals surface area contributed by atoms with Crippen molar-refractivity contribution >= 4 is 5.91 Å². The number of carbonyl (C=O) groups excluding carboxylic acids is 1. The fourth-order valence-electron chi connectivity index (χ4n) is 1.14. The highest BCUT2D eigenvalue weighted by atomic mass is 16.3. The van der Waals surface area contributed by atoms with Crippen LogP contribution in [-0.2, 0) is 0 Å². The predicted molar refractivity (Wildman–Crippen MR) is 63.6 cm³/mol. The van der Waals surface area contributed by atoms with Crippen LogP contribution in [0.4, 0.5) is 0 Å². The van der Waals surface area contributed by atoms with Gasteiger partial charge in [0, 0.05) is 18.2 Å². The molecule has 0 spiro atoms. The predicted octanol–water partition coefficient (Wildman–Crippen LogP) is 1.07. The largest absolute Gasteiger partial charge is 0.508 e. The summed E-state index contributed by atoms with van der Waals surface area (Å²) in [6.45, 7) is 2.64. The highest BCUT2D eigenvalue weighted by Crippen LogP contribution is 2.09. The standard InChI is InChI=1S/C12H18N2O2/c1-9(14(2)3)8-13-12(16)10-4-6-11(15)7-5-10/h4-7,9,15H,8H2,1-3H3,(H,13,16). The summed E-state index contributed by atoms with van der Waals surface area (Å²) in [5.41, 5.74) is 0.559. The Balaban J connectivity index is 2.50. The number of aromatic hydroxyl groups is 1. The number of benzene rings is 1. The Hall–Kier alpha value is -1.55. The molecule has 2 N–H and O–H groups in total. The van der Waals surface area contributed by atoms with Crippen LogP contribution in [0, 0.1) is 0 Å². The number of phenols is 1. The van der Waals surface area contributed by atoms with E-state index in [0.29, 0.717) is 18.2 Å². The first-order valence-corrected chi connectivity index (χ1v) is 5.24. The average molecular weight is 222 g/mol. The van der Waals surface area contributed by atoms with Crippen LogP contribution in [0.5, 0.6) is 5.75 Å². The van der Waals surface area contributed by atoms with E-state index >= 15 is 0 Å². The fraction of sp³-hybridized carbons (Fsp3) is 0.417. The van der Waals surface area contributed by atoms with Crippen molar-refractivity contribution in [3.63, 3.8) is 0 Å². The van der Waals surface area contributed by atoms with Gasteiger partial charge in [-0.2, -0.15) is 0 Å². The minimum atomic E-state index is -0.117. The highest BCUT2D eigenvalue weighted by molar-refractivity contribution is 5.94. The maximum Gasteiger partial charge on any atom is 0.251 e. The molecule has 0 heterocycles. The Kier molecular flexibility index (Phi) is 4.31. The summed E-state index contributed by atoms with van der Waals surface area (Å²) >= 11 is 0. The molecule has 1 atom stereocenters. The van der Waals surface area contributed by atoms with Gasteiger partial charge in [-0.1, -0.05) is 0 Å². The Morgan fingerprint density at radius 1 is 1.38 bits per heavy atom. The molecule has 16 heavy (non-hydrogen) atoms. The van der Waals surface area contributed by atoms with Crippen LogP contribution in [0.25, 0.3) is 0 Å². The second-order valence-corrected chi connectivity index (χ2v) is 4.07. The van der Waals surface area contributed by atoms with Crippen LogP contribution in [-0.4, -0.2) is 42.6 Å². The molecule has 4 nitrogen and oxygen atoms in total. The van der Waals surface area contributed by atoms with Gasteiger partial charge in [-0.3, -0.25) is 4.79 Å². The van der Waals surface area contributed by atoms with Gasteiger partial charge in [0.25, 0.3) is 5.91 Å². The number of amides is 1. The lowest BCUT2D eigenvalue weighted by atomic mass is 10.2. The number of hydrogen-bond acceptors (Lipinski definition) is 3. The Morgan fingerprint density at radius 3 is 2.44 bits per heavy atom. The van der Waals surface area contributed by atoms with E-state index in [1.807, 2.05) is 25.9 Å². The van der Waals surface area contributed by atoms with Crippen molar-refractivity contribution < 1.29 is 9.90 Å². The van der Waals surface area contributed by atoms with Crippen molar-refractivity contribution in [3.05, 3.63) is 29.8 Å². The number of likely N-dealkylation sites (N-methyl/N-ethyl adjacent to an activating group) is 1. The zero-order chi connectivity index (χ0) is 12.1. The van der Waals surface area contributed by atoms with E-state index in [1.54, 1.807) is 12.1 Å². The van der Waals surface area contributed by atoms with E-state index in [0.717, 1.165) is 0 Å². The molecular formula is C12H18N2O2. The second kappa shape index (κ2) is 5.51. The average Bonchev–Trinajstić information content (AvgIpc) is 2.26. The van der Waals surface area contributed by atoms with Crippen LogP contribution < -0.4 is 5.32 Å². The van der Waals surface area contributed by atoms with Gasteiger partial charge in [0.15, 0.2) is 0 Å². The van der Waals surface area contributed by atoms with Crippen LogP contribution >= 0.6 is 0 Å². The number of nitrogens with zero attached hydrogens (tertiary/aromatic N) is 1. The number of nitrogens with one attached hydrogen (secondary N) is 1. The topological polar surface area (TPSA) is 52.6 Å². The lowest BCUT2D eigenvalue weighted by Gasteiger charge is -2.19. The van der Waals surface area contributed by atoms with Crippen LogP contribution in [0.2, 0.25) is 0 Å². The summed E-state index contributed by atoms with van der Waals surface area (Å²) in [5, 5.41) is 11.9. The van der Waals surface area contributed by atoms with E-state index in [4.69, 9.17) is 5.11 Å². The summed E-state index contributed by atoms with van der Waals surface area (Å²) in [5.74, 6) is 0.0481. The zero-order valence-electron chi connectivity index (χ0n) is 9.90. The van der Waals surface area contributed by atoms with E-state index in [9.17, 15) is 4.79 Å². The van der Waals surface area contributed by atoms with Crippen LogP contribution in [0.15, 0.2) is 24.3 Å². The van der Waals surface area contributed by atoms with Gasteiger partial charge in [0.1, 0.15) is 5.75 Å². The summed E-state index contributed by atoms with van der Waals surface area (Å²) in [6, 6.07) is 6.51. The van der Waals surface area contributed by atoms with Crippen molar-refractivity contribution in [2.24, 2.45) is 0 Å². The number of phenolic OH excluding ortho intramolecular Hbond substituents is 1. The first-order valence-electron chi connectivity index (χ1n) is 5.24. The van der Waals surface area contributed by atoms with Gasteiger partial charge in [-0.25, -0.2) is 0 Å². The molecule has 4 heteroatoms. The molecule has 1 unspecified atom stereocenters. The third-order valence-corrected chi connectivity index (χ3v) is 2.57. The first kappa shape index (κ1) is 12.5. The zero-order valence-corrected chi connectivity index (χ0v) is 9.90. The monoisotopic (exact) mass is 222 g/mol. The molecule has 0 aliphatic heterocycles. The molecule has 0 saturated heterocycles. The van der Waals surface area contributed by atoms with Crippen molar-refractivity contribution in [3.8, 4) is 5.75 Å². The van der Waals surface area contributed by atoms with Gasteiger partial charge in [-0.15, -0.1) is 0 Å². The summed E-state index contributed by atoms with van der Waals surface area (Å²) in [7, 11) is 3.94. The second-order valence-electron chi connectivity index (χ2n) is 4.07. The Labute approximate surface area is 95.9 Å². The smallest absolute Gasteiger partial charge is 0.251 e. The summed E-state index contributed by atoms with van der Waals surface area (Å²) in [6.07, 6.45) is 0. The van der Waals surface area contributed by atoms with E-state index < -0.39 is 0 Å². The van der Waals surface area contributed by atoms with Crippen molar-refractivity contribution in [1.82, 2.24) is 10.2 Å². The SMILES string of the molecule is CC(CNC(=O)c1ccc(O)cc1)N(C)C. The molecular weight excluding hydrogens is 204 g/mol. The Morgan fingerprint density at radius 2 is 1.94 bits per heavy atom. The van der Waals surface area contributed by atoms with Crippen LogP contribution in [0.3, 0.4) is 0 Å². The quantitative estimate of drug-likeness (QED) is 0.801. The van der Waals surface area contributed by atoms with Gasteiger partial charge in [0.05, 0.1) is 0 Å². The van der Waals surface area contributed by atoms with Crippen molar-refractivity contribution in [2.75, 3.05) is 20.6 Å². The lowest BCUT2D eigenvalue weighted by molar-refractivity contribution is 0.0943. The number of carbonyl (C=O) groups is 1. The lowest BCUT2D eigenvalue weighted by Crippen LogP contribution is -2.38. The Bertz CT molecular complexity index is 347. The molecule has 1 aromatic carbocycles. The first-order chi connectivity index (χ1) is 7.50. The maximum atomic E-state index is 11.7. The third-order valence-electron chi connectivity index (χ3n) is 2.57. The molecule has 0 aliphatic carbocycles. The highest BCUT2D eigenvalue weighted by Gasteiger charge is 2.08. The van der Waals surface area contributed by atoms with Crippen molar-refractivity contribution in [2.45, 2.75) is 13.0 Å². The molecule has 1 rings (SSSR count). The molecule has 0 aliphatic rings. The molecule has 1 aromatic rings. The molecule has 0 aromatic heterocycles. The molecule has 0 bridgehead atoms. The fourth-order valence-corrected chi connectivity index (χ4v) is 1.14. The molecule has 0 fully saturated rings. The summed E-state index contributed by atoms with van der Waals surface area (Å²) in [4.78, 5) is 13.7. The van der Waals surface area contributed by atoms with E-state index in [1.165, 1.54) is 12.1 Å². The van der Waals surface area contributed by atoms with Gasteiger partial charge >= 0.3 is 0 Å². The van der Waals surface area contributed by atoms with Crippen LogP contribution in [0.1, 0.15) is 17.3 Å². The number of hydrogen-bond donors (Lipinski definition) is 2. The molecule has 88 valence electrons. The van der Waals surface area contributed by atoms with E-state index in [2.05, 4.69) is 5.32 Å². The van der Waals surface area contributed by atoms with Crippen molar-refractivity contribution in [1.29, 1.82) is 0 Å². The molecule has 0 radical (unpaired) electrons. The maximum absolute atomic E-state index is 11.7. The van der Waals surface area contributed by atoms with E-state index in [-0.39, 0.29) is 11.7 Å². The molecule has 1 amide bonds. The minimum Gasteiger partial charge on any atom is -0.508 e.